The van der Waals surface area contributed by atoms with Gasteiger partial charge >= 0.3 is 11.8 Å². The average molecular weight is 436 g/mol. The molecule has 0 fully saturated rings. The number of nitrogens with one attached hydrogen (secondary N) is 2. The Balaban J connectivity index is 1.26. The van der Waals surface area contributed by atoms with Crippen LogP contribution in [0.2, 0.25) is 0 Å². The molecule has 31 heavy (non-hydrogen) atoms. The fraction of sp³-hybridized carbons (Fsp3) is 0.217. The lowest BCUT2D eigenvalue weighted by atomic mass is 10.1. The fourth-order valence-electron chi connectivity index (χ4n) is 3.96. The predicted octanol–water partition coefficient (Wildman–Crippen LogP) is 3.34. The van der Waals surface area contributed by atoms with Crippen LogP contribution >= 0.6 is 11.3 Å². The van der Waals surface area contributed by atoms with Crippen LogP contribution in [0, 0.1) is 0 Å². The number of para-hydroxylation sites is 1. The van der Waals surface area contributed by atoms with Crippen molar-refractivity contribution in [3.05, 3.63) is 70.4 Å². The maximum absolute atomic E-state index is 12.5. The predicted molar refractivity (Wildman–Crippen MR) is 119 cm³/mol. The van der Waals surface area contributed by atoms with Crippen molar-refractivity contribution in [1.82, 2.24) is 5.32 Å². The van der Waals surface area contributed by atoms with Crippen molar-refractivity contribution in [2.75, 3.05) is 30.1 Å². The maximum Gasteiger partial charge on any atom is 0.313 e. The lowest BCUT2D eigenvalue weighted by molar-refractivity contribution is -0.136. The van der Waals surface area contributed by atoms with E-state index < -0.39 is 11.8 Å². The number of anilines is 2. The normalized spacial score (nSPS) is 14.8. The third kappa shape index (κ3) is 3.94. The molecule has 158 valence electrons. The summed E-state index contributed by atoms with van der Waals surface area (Å²) in [5, 5.41) is 7.45. The number of nitrogens with zero attached hydrogens (tertiary/aromatic N) is 1. The molecule has 1 atom stereocenters. The summed E-state index contributed by atoms with van der Waals surface area (Å²) in [6.07, 6.45) is 0.969. The number of benzene rings is 2. The molecule has 0 bridgehead atoms. The van der Waals surface area contributed by atoms with Crippen LogP contribution in [0.15, 0.2) is 60.0 Å². The van der Waals surface area contributed by atoms with Gasteiger partial charge in [0, 0.05) is 35.4 Å². The highest BCUT2D eigenvalue weighted by Crippen LogP contribution is 2.36. The molecular weight excluding hydrogens is 414 g/mol. The van der Waals surface area contributed by atoms with Gasteiger partial charge in [0.15, 0.2) is 11.5 Å². The van der Waals surface area contributed by atoms with Gasteiger partial charge in [-0.15, -0.1) is 11.3 Å². The Bertz CT molecular complexity index is 1120. The molecule has 1 aromatic heterocycles. The average Bonchev–Trinajstić information content (AvgIpc) is 3.55. The molecule has 7 nitrogen and oxygen atoms in total. The van der Waals surface area contributed by atoms with Crippen molar-refractivity contribution < 1.29 is 19.1 Å². The van der Waals surface area contributed by atoms with E-state index in [2.05, 4.69) is 33.7 Å². The molecule has 0 saturated carbocycles. The van der Waals surface area contributed by atoms with Gasteiger partial charge < -0.3 is 25.0 Å². The van der Waals surface area contributed by atoms with Crippen molar-refractivity contribution in [3.63, 3.8) is 0 Å². The van der Waals surface area contributed by atoms with Crippen molar-refractivity contribution in [3.8, 4) is 11.5 Å². The number of rotatable bonds is 5. The summed E-state index contributed by atoms with van der Waals surface area (Å²) in [6.45, 7) is 1.36. The Labute approximate surface area is 183 Å². The number of hydrogen-bond acceptors (Lipinski definition) is 6. The summed E-state index contributed by atoms with van der Waals surface area (Å²) in [5.41, 5.74) is 2.96. The summed E-state index contributed by atoms with van der Waals surface area (Å²) in [4.78, 5) is 28.4. The van der Waals surface area contributed by atoms with E-state index >= 15 is 0 Å². The Morgan fingerprint density at radius 1 is 1.03 bits per heavy atom. The fourth-order valence-corrected chi connectivity index (χ4v) is 4.80. The van der Waals surface area contributed by atoms with Gasteiger partial charge in [-0.25, -0.2) is 0 Å². The third-order valence-electron chi connectivity index (χ3n) is 5.46. The largest absolute Gasteiger partial charge is 0.454 e. The first-order chi connectivity index (χ1) is 15.2. The van der Waals surface area contributed by atoms with Gasteiger partial charge in [0.2, 0.25) is 6.79 Å². The highest BCUT2D eigenvalue weighted by molar-refractivity contribution is 7.10. The van der Waals surface area contributed by atoms with Gasteiger partial charge in [-0.3, -0.25) is 9.59 Å². The summed E-state index contributed by atoms with van der Waals surface area (Å²) in [5.74, 6) is -0.229. The quantitative estimate of drug-likeness (QED) is 0.601. The number of ether oxygens (including phenoxy) is 2. The minimum atomic E-state index is -0.717. The molecule has 3 aromatic rings. The van der Waals surface area contributed by atoms with Crippen LogP contribution in [-0.4, -0.2) is 31.7 Å². The van der Waals surface area contributed by atoms with Crippen molar-refractivity contribution in [2.24, 2.45) is 0 Å². The van der Waals surface area contributed by atoms with Gasteiger partial charge in [-0.2, -0.15) is 0 Å². The second-order valence-corrected chi connectivity index (χ2v) is 8.31. The monoisotopic (exact) mass is 435 g/mol. The number of amides is 2. The molecule has 8 heteroatoms. The SMILES string of the molecule is O=C(NC[C@H](c1cccs1)N1CCc2ccccc21)C(=O)Nc1ccc2c(c1)OCO2. The molecule has 0 radical (unpaired) electrons. The zero-order valence-electron chi connectivity index (χ0n) is 16.7. The van der Waals surface area contributed by atoms with E-state index in [4.69, 9.17) is 9.47 Å². The van der Waals surface area contributed by atoms with Crippen LogP contribution in [0.1, 0.15) is 16.5 Å². The number of hydrogen-bond donors (Lipinski definition) is 2. The zero-order valence-corrected chi connectivity index (χ0v) is 17.5. The molecule has 2 aliphatic rings. The number of carbonyl (C=O) groups is 2. The Morgan fingerprint density at radius 3 is 2.77 bits per heavy atom. The van der Waals surface area contributed by atoms with Crippen LogP contribution < -0.4 is 25.0 Å². The first-order valence-electron chi connectivity index (χ1n) is 10.1. The molecule has 0 saturated heterocycles. The van der Waals surface area contributed by atoms with Gasteiger partial charge in [0.1, 0.15) is 0 Å². The lowest BCUT2D eigenvalue weighted by Crippen LogP contribution is -2.41. The Hall–Kier alpha value is -3.52. The number of fused-ring (bicyclic) bond motifs is 2. The highest BCUT2D eigenvalue weighted by atomic mass is 32.1. The summed E-state index contributed by atoms with van der Waals surface area (Å²) in [6, 6.07) is 17.4. The molecular formula is C23H21N3O4S. The van der Waals surface area contributed by atoms with Crippen LogP contribution in [0.4, 0.5) is 11.4 Å². The maximum atomic E-state index is 12.5. The van der Waals surface area contributed by atoms with Gasteiger partial charge in [0.05, 0.1) is 6.04 Å². The Morgan fingerprint density at radius 2 is 1.90 bits per heavy atom. The van der Waals surface area contributed by atoms with E-state index in [1.807, 2.05) is 23.6 Å². The van der Waals surface area contributed by atoms with E-state index in [0.717, 1.165) is 17.8 Å². The second-order valence-electron chi connectivity index (χ2n) is 7.34. The summed E-state index contributed by atoms with van der Waals surface area (Å²) < 4.78 is 10.6. The van der Waals surface area contributed by atoms with Crippen LogP contribution in [0.5, 0.6) is 11.5 Å². The molecule has 0 spiro atoms. The minimum Gasteiger partial charge on any atom is -0.454 e. The Kier molecular flexibility index (Phi) is 5.21. The van der Waals surface area contributed by atoms with E-state index in [0.29, 0.717) is 23.7 Å². The molecule has 2 aromatic carbocycles. The van der Waals surface area contributed by atoms with E-state index in [9.17, 15) is 9.59 Å². The van der Waals surface area contributed by atoms with Crippen LogP contribution in [-0.2, 0) is 16.0 Å². The zero-order chi connectivity index (χ0) is 21.2. The van der Waals surface area contributed by atoms with Crippen LogP contribution in [0.3, 0.4) is 0 Å². The first-order valence-corrected chi connectivity index (χ1v) is 10.9. The number of thiophene rings is 1. The van der Waals surface area contributed by atoms with Gasteiger partial charge in [0.25, 0.3) is 0 Å². The molecule has 2 amide bonds. The second kappa shape index (κ2) is 8.31. The number of carbonyl (C=O) groups excluding carboxylic acids is 2. The molecule has 5 rings (SSSR count). The van der Waals surface area contributed by atoms with Gasteiger partial charge in [-0.05, 0) is 41.6 Å². The highest BCUT2D eigenvalue weighted by Gasteiger charge is 2.28. The van der Waals surface area contributed by atoms with E-state index in [1.165, 1.54) is 11.3 Å². The smallest absolute Gasteiger partial charge is 0.313 e. The van der Waals surface area contributed by atoms with E-state index in [-0.39, 0.29) is 12.8 Å². The van der Waals surface area contributed by atoms with Crippen molar-refractivity contribution in [2.45, 2.75) is 12.5 Å². The summed E-state index contributed by atoms with van der Waals surface area (Å²) >= 11 is 1.65. The third-order valence-corrected chi connectivity index (χ3v) is 6.44. The standard InChI is InChI=1S/C23H21N3O4S/c27-22(23(28)25-16-7-8-19-20(12-16)30-14-29-19)24-13-18(21-6-3-11-31-21)26-10-9-15-4-1-2-5-17(15)26/h1-8,11-12,18H,9-10,13-14H2,(H,24,27)(H,25,28)/t18-/m1/s1. The first kappa shape index (κ1) is 19.4. The van der Waals surface area contributed by atoms with E-state index in [1.54, 1.807) is 29.5 Å². The molecule has 0 aliphatic carbocycles. The van der Waals surface area contributed by atoms with Gasteiger partial charge in [-0.1, -0.05) is 24.3 Å². The van der Waals surface area contributed by atoms with Crippen molar-refractivity contribution >= 4 is 34.5 Å². The molecule has 2 aliphatic heterocycles. The lowest BCUT2D eigenvalue weighted by Gasteiger charge is -2.30. The molecule has 0 unspecified atom stereocenters. The molecule has 3 heterocycles. The summed E-state index contributed by atoms with van der Waals surface area (Å²) in [7, 11) is 0. The van der Waals surface area contributed by atoms with Crippen LogP contribution in [0.25, 0.3) is 0 Å². The minimum absolute atomic E-state index is 0.0362. The molecule has 2 N–H and O–H groups in total. The van der Waals surface area contributed by atoms with Crippen molar-refractivity contribution in [1.29, 1.82) is 0 Å². The topological polar surface area (TPSA) is 79.9 Å².